The Morgan fingerprint density at radius 3 is 1.74 bits per heavy atom. The van der Waals surface area contributed by atoms with Crippen LogP contribution in [0.25, 0.3) is 5.53 Å². The first-order chi connectivity index (χ1) is 17.0. The highest BCUT2D eigenvalue weighted by Gasteiger charge is 2.28. The Kier molecular flexibility index (Phi) is 9.48. The molecule has 0 bridgehead atoms. The van der Waals surface area contributed by atoms with Gasteiger partial charge >= 0.3 is 12.3 Å². The fourth-order valence-electron chi connectivity index (χ4n) is 3.46. The average Bonchev–Trinajstić information content (AvgIpc) is 2.88. The number of ether oxygens (including phenoxy) is 1. The molecule has 8 heteroatoms. The largest absolute Gasteiger partial charge is 0.445 e. The predicted molar refractivity (Wildman–Crippen MR) is 130 cm³/mol. The fourth-order valence-corrected chi connectivity index (χ4v) is 3.46. The highest BCUT2D eigenvalue weighted by molar-refractivity contribution is 6.28. The molecule has 2 atom stereocenters. The highest BCUT2D eigenvalue weighted by Crippen LogP contribution is 2.08. The van der Waals surface area contributed by atoms with E-state index < -0.39 is 29.9 Å². The fraction of sp³-hybridized carbons (Fsp3) is 0.185. The van der Waals surface area contributed by atoms with Crippen LogP contribution in [0.15, 0.2) is 91.0 Å². The van der Waals surface area contributed by atoms with E-state index in [0.717, 1.165) is 22.9 Å². The Hall–Kier alpha value is -4.55. The number of nitrogens with one attached hydrogen (secondary N) is 2. The van der Waals surface area contributed by atoms with Gasteiger partial charge in [0.1, 0.15) is 18.7 Å². The van der Waals surface area contributed by atoms with E-state index in [1.165, 1.54) is 0 Å². The number of hydrogen-bond donors (Lipinski definition) is 2. The topological polar surface area (TPSA) is 121 Å². The molecule has 3 aromatic carbocycles. The summed E-state index contributed by atoms with van der Waals surface area (Å²) in [6.45, 7) is 0.0500. The Labute approximate surface area is 203 Å². The summed E-state index contributed by atoms with van der Waals surface area (Å²) in [5.74, 6) is -1.14. The highest BCUT2D eigenvalue weighted by atomic mass is 16.5. The van der Waals surface area contributed by atoms with Crippen molar-refractivity contribution in [1.82, 2.24) is 10.6 Å². The summed E-state index contributed by atoms with van der Waals surface area (Å²) in [6, 6.07) is 25.5. The van der Waals surface area contributed by atoms with Crippen molar-refractivity contribution in [2.24, 2.45) is 0 Å². The predicted octanol–water partition coefficient (Wildman–Crippen LogP) is 3.12. The summed E-state index contributed by atoms with van der Waals surface area (Å²) in [7, 11) is 0. The lowest BCUT2D eigenvalue weighted by atomic mass is 10.0. The molecule has 0 spiro atoms. The molecular weight excluding hydrogens is 444 g/mol. The molecule has 0 aromatic heterocycles. The van der Waals surface area contributed by atoms with E-state index in [9.17, 15) is 14.4 Å². The van der Waals surface area contributed by atoms with E-state index in [4.69, 9.17) is 10.3 Å². The molecule has 8 nitrogen and oxygen atoms in total. The van der Waals surface area contributed by atoms with E-state index in [2.05, 4.69) is 15.4 Å². The summed E-state index contributed by atoms with van der Waals surface area (Å²) in [5, 5.41) is 5.30. The maximum Gasteiger partial charge on any atom is 0.408 e. The first-order valence-corrected chi connectivity index (χ1v) is 11.1. The van der Waals surface area contributed by atoms with E-state index in [1.807, 2.05) is 91.0 Å². The zero-order valence-electron chi connectivity index (χ0n) is 19.0. The van der Waals surface area contributed by atoms with Gasteiger partial charge in [0.05, 0.1) is 0 Å². The van der Waals surface area contributed by atoms with Crippen molar-refractivity contribution in [1.29, 1.82) is 0 Å². The third kappa shape index (κ3) is 8.38. The lowest BCUT2D eigenvalue weighted by molar-refractivity contribution is -0.127. The van der Waals surface area contributed by atoms with Gasteiger partial charge in [0, 0.05) is 12.8 Å². The van der Waals surface area contributed by atoms with Gasteiger partial charge in [-0.1, -0.05) is 91.0 Å². The van der Waals surface area contributed by atoms with E-state index >= 15 is 0 Å². The van der Waals surface area contributed by atoms with Crippen molar-refractivity contribution in [3.05, 3.63) is 113 Å². The van der Waals surface area contributed by atoms with Crippen LogP contribution >= 0.6 is 0 Å². The summed E-state index contributed by atoms with van der Waals surface area (Å²) < 4.78 is 5.28. The number of rotatable bonds is 11. The van der Waals surface area contributed by atoms with Gasteiger partial charge in [-0.3, -0.25) is 9.59 Å². The van der Waals surface area contributed by atoms with Crippen molar-refractivity contribution in [3.63, 3.8) is 0 Å². The van der Waals surface area contributed by atoms with Crippen molar-refractivity contribution in [3.8, 4) is 0 Å². The van der Waals surface area contributed by atoms with Crippen LogP contribution in [-0.4, -0.2) is 40.9 Å². The third-order valence-electron chi connectivity index (χ3n) is 5.23. The summed E-state index contributed by atoms with van der Waals surface area (Å²) in [4.78, 5) is 41.0. The zero-order chi connectivity index (χ0) is 24.9. The standard InChI is InChI=1S/C27H26N4O4/c28-29-18-25(32)23(16-20-10-4-1-5-11-20)30-26(33)24(17-21-12-6-2-7-13-21)31-27(34)35-19-22-14-8-3-9-15-22/h1-15,18,23-24H,16-17,19H2,(H,30,33)(H,31,34)/t23-,24-/m1/s1. The molecule has 0 saturated heterocycles. The minimum atomic E-state index is -1.00. The number of carbonyl (C=O) groups excluding carboxylic acids is 3. The first-order valence-electron chi connectivity index (χ1n) is 11.1. The summed E-state index contributed by atoms with van der Waals surface area (Å²) in [6.07, 6.45) is 0.371. The number of benzene rings is 3. The molecule has 3 aromatic rings. The molecular formula is C27H26N4O4. The smallest absolute Gasteiger partial charge is 0.408 e. The van der Waals surface area contributed by atoms with E-state index in [1.54, 1.807) is 0 Å². The van der Waals surface area contributed by atoms with Crippen LogP contribution in [0.3, 0.4) is 0 Å². The molecule has 3 rings (SSSR count). The molecule has 0 saturated carbocycles. The lowest BCUT2D eigenvalue weighted by Gasteiger charge is -2.22. The van der Waals surface area contributed by atoms with Crippen molar-refractivity contribution in [2.75, 3.05) is 0 Å². The monoisotopic (exact) mass is 470 g/mol. The van der Waals surface area contributed by atoms with Crippen LogP contribution in [0.1, 0.15) is 16.7 Å². The molecule has 0 aliphatic rings. The minimum absolute atomic E-state index is 0.0500. The Bertz CT molecular complexity index is 1160. The SMILES string of the molecule is [N-]=[N+]=CC(=O)[C@@H](Cc1ccccc1)NC(=O)[C@@H](Cc1ccccc1)NC(=O)OCc1ccccc1. The quantitative estimate of drug-likeness (QED) is 0.254. The van der Waals surface area contributed by atoms with Crippen molar-refractivity contribution in [2.45, 2.75) is 31.5 Å². The van der Waals surface area contributed by atoms with Gasteiger partial charge < -0.3 is 20.9 Å². The third-order valence-corrected chi connectivity index (χ3v) is 5.23. The van der Waals surface area contributed by atoms with Gasteiger partial charge in [0.15, 0.2) is 0 Å². The molecule has 178 valence electrons. The van der Waals surface area contributed by atoms with Crippen molar-refractivity contribution < 1.29 is 23.9 Å². The maximum absolute atomic E-state index is 13.2. The molecule has 35 heavy (non-hydrogen) atoms. The van der Waals surface area contributed by atoms with Gasteiger partial charge in [-0.2, -0.15) is 4.79 Å². The van der Waals surface area contributed by atoms with Gasteiger partial charge in [-0.25, -0.2) is 4.79 Å². The molecule has 0 radical (unpaired) electrons. The first kappa shape index (κ1) is 25.1. The van der Waals surface area contributed by atoms with Gasteiger partial charge in [0.2, 0.25) is 5.91 Å². The molecule has 0 aliphatic heterocycles. The number of alkyl carbamates (subject to hydrolysis) is 1. The Balaban J connectivity index is 1.73. The number of hydrogen-bond acceptors (Lipinski definition) is 4. The van der Waals surface area contributed by atoms with Crippen LogP contribution in [0.5, 0.6) is 0 Å². The number of carbonyl (C=O) groups is 3. The minimum Gasteiger partial charge on any atom is -0.445 e. The van der Waals surface area contributed by atoms with Crippen LogP contribution in [0.4, 0.5) is 4.79 Å². The summed E-state index contributed by atoms with van der Waals surface area (Å²) in [5.41, 5.74) is 11.3. The van der Waals surface area contributed by atoms with Crippen LogP contribution < -0.4 is 10.6 Å². The number of amides is 2. The lowest BCUT2D eigenvalue weighted by Crippen LogP contribution is -2.53. The number of ketones is 1. The molecule has 2 N–H and O–H groups in total. The molecule has 0 aliphatic carbocycles. The van der Waals surface area contributed by atoms with Crippen molar-refractivity contribution >= 4 is 24.0 Å². The molecule has 0 unspecified atom stereocenters. The molecule has 0 fully saturated rings. The average molecular weight is 471 g/mol. The van der Waals surface area contributed by atoms with E-state index in [-0.39, 0.29) is 19.4 Å². The van der Waals surface area contributed by atoms with Gasteiger partial charge in [0.25, 0.3) is 5.78 Å². The van der Waals surface area contributed by atoms with Crippen LogP contribution in [0, 0.1) is 0 Å². The Morgan fingerprint density at radius 2 is 1.23 bits per heavy atom. The van der Waals surface area contributed by atoms with Gasteiger partial charge in [-0.15, -0.1) is 0 Å². The second-order valence-electron chi connectivity index (χ2n) is 7.85. The number of nitrogens with zero attached hydrogens (tertiary/aromatic N) is 2. The van der Waals surface area contributed by atoms with Crippen LogP contribution in [-0.2, 0) is 33.8 Å². The maximum atomic E-state index is 13.2. The Morgan fingerprint density at radius 1 is 0.743 bits per heavy atom. The van der Waals surface area contributed by atoms with Crippen LogP contribution in [0.2, 0.25) is 0 Å². The normalized spacial score (nSPS) is 11.9. The second kappa shape index (κ2) is 13.2. The van der Waals surface area contributed by atoms with E-state index in [0.29, 0.717) is 0 Å². The van der Waals surface area contributed by atoms with Gasteiger partial charge in [-0.05, 0) is 16.7 Å². The zero-order valence-corrected chi connectivity index (χ0v) is 19.0. The number of Topliss-reactive ketones (excluding diaryl/α,β-unsaturated/α-hetero) is 1. The molecule has 2 amide bonds. The molecule has 0 heterocycles. The summed E-state index contributed by atoms with van der Waals surface area (Å²) >= 11 is 0. The second-order valence-corrected chi connectivity index (χ2v) is 7.85.